The van der Waals surface area contributed by atoms with E-state index in [2.05, 4.69) is 15.3 Å². The van der Waals surface area contributed by atoms with Crippen LogP contribution in [0.3, 0.4) is 0 Å². The minimum atomic E-state index is -0.341. The molecular formula is C11H20N4O. The van der Waals surface area contributed by atoms with Crippen LogP contribution < -0.4 is 11.1 Å². The van der Waals surface area contributed by atoms with Crippen molar-refractivity contribution >= 4 is 11.6 Å². The molecule has 0 saturated carbocycles. The molecule has 90 valence electrons. The Labute approximate surface area is 96.1 Å². The zero-order valence-corrected chi connectivity index (χ0v) is 9.90. The molecular weight excluding hydrogens is 204 g/mol. The van der Waals surface area contributed by atoms with Gasteiger partial charge in [0.25, 0.3) is 0 Å². The van der Waals surface area contributed by atoms with Crippen LogP contribution in [-0.2, 0) is 6.42 Å². The third kappa shape index (κ3) is 4.02. The lowest BCUT2D eigenvalue weighted by Crippen LogP contribution is -2.20. The van der Waals surface area contributed by atoms with E-state index in [1.165, 1.54) is 0 Å². The molecule has 1 atom stereocenters. The molecule has 0 aliphatic heterocycles. The van der Waals surface area contributed by atoms with E-state index in [0.29, 0.717) is 24.0 Å². The van der Waals surface area contributed by atoms with Gasteiger partial charge in [-0.25, -0.2) is 9.97 Å². The topological polar surface area (TPSA) is 84.1 Å². The minimum Gasteiger partial charge on any atom is -0.391 e. The van der Waals surface area contributed by atoms with Gasteiger partial charge in [-0.1, -0.05) is 20.3 Å². The first-order valence-electron chi connectivity index (χ1n) is 5.71. The minimum absolute atomic E-state index is 0.341. The summed E-state index contributed by atoms with van der Waals surface area (Å²) < 4.78 is 0. The Hall–Kier alpha value is -1.36. The summed E-state index contributed by atoms with van der Waals surface area (Å²) in [6, 6.07) is 1.68. The van der Waals surface area contributed by atoms with Gasteiger partial charge in [0.1, 0.15) is 17.5 Å². The molecule has 5 heteroatoms. The highest BCUT2D eigenvalue weighted by atomic mass is 16.3. The monoisotopic (exact) mass is 224 g/mol. The van der Waals surface area contributed by atoms with Crippen molar-refractivity contribution in [3.8, 4) is 0 Å². The number of aliphatic hydroxyl groups is 1. The van der Waals surface area contributed by atoms with Crippen molar-refractivity contribution in [3.05, 3.63) is 11.9 Å². The number of nitrogens with two attached hydrogens (primary N) is 1. The van der Waals surface area contributed by atoms with E-state index in [1.807, 2.05) is 13.8 Å². The van der Waals surface area contributed by atoms with E-state index < -0.39 is 0 Å². The van der Waals surface area contributed by atoms with Crippen molar-refractivity contribution < 1.29 is 5.11 Å². The first-order chi connectivity index (χ1) is 7.65. The van der Waals surface area contributed by atoms with Gasteiger partial charge in [-0.3, -0.25) is 0 Å². The van der Waals surface area contributed by atoms with Crippen LogP contribution in [0.25, 0.3) is 0 Å². The summed E-state index contributed by atoms with van der Waals surface area (Å²) in [7, 11) is 0. The summed E-state index contributed by atoms with van der Waals surface area (Å²) in [5, 5.41) is 12.6. The maximum absolute atomic E-state index is 9.57. The average molecular weight is 224 g/mol. The number of nitrogens with zero attached hydrogens (tertiary/aromatic N) is 2. The molecule has 1 aromatic rings. The maximum Gasteiger partial charge on any atom is 0.132 e. The van der Waals surface area contributed by atoms with Gasteiger partial charge in [-0.2, -0.15) is 0 Å². The summed E-state index contributed by atoms with van der Waals surface area (Å²) in [5.41, 5.74) is 5.65. The molecule has 4 N–H and O–H groups in total. The lowest BCUT2D eigenvalue weighted by Gasteiger charge is -2.11. The second-order valence-corrected chi connectivity index (χ2v) is 3.77. The molecule has 0 spiro atoms. The Balaban J connectivity index is 2.56. The highest BCUT2D eigenvalue weighted by Gasteiger charge is 2.04. The molecule has 16 heavy (non-hydrogen) atoms. The third-order valence-corrected chi connectivity index (χ3v) is 2.25. The molecule has 1 heterocycles. The highest BCUT2D eigenvalue weighted by Crippen LogP contribution is 2.09. The van der Waals surface area contributed by atoms with Crippen LogP contribution in [0.2, 0.25) is 0 Å². The lowest BCUT2D eigenvalue weighted by atomic mass is 10.2. The van der Waals surface area contributed by atoms with Gasteiger partial charge in [-0.15, -0.1) is 0 Å². The average Bonchev–Trinajstić information content (AvgIpc) is 2.26. The second kappa shape index (κ2) is 6.27. The molecule has 5 nitrogen and oxygen atoms in total. The number of nitrogen functional groups attached to an aromatic ring is 1. The molecule has 0 bridgehead atoms. The van der Waals surface area contributed by atoms with Crippen LogP contribution in [0.15, 0.2) is 6.07 Å². The van der Waals surface area contributed by atoms with E-state index in [0.717, 1.165) is 19.3 Å². The van der Waals surface area contributed by atoms with Crippen LogP contribution in [0, 0.1) is 0 Å². The van der Waals surface area contributed by atoms with E-state index in [9.17, 15) is 5.11 Å². The van der Waals surface area contributed by atoms with E-state index >= 15 is 0 Å². The summed E-state index contributed by atoms with van der Waals surface area (Å²) >= 11 is 0. The van der Waals surface area contributed by atoms with E-state index in [1.54, 1.807) is 6.07 Å². The fourth-order valence-corrected chi connectivity index (χ4v) is 1.42. The molecule has 0 radical (unpaired) electrons. The molecule has 0 fully saturated rings. The van der Waals surface area contributed by atoms with Crippen LogP contribution in [0.1, 0.15) is 32.5 Å². The fourth-order valence-electron chi connectivity index (χ4n) is 1.42. The standard InChI is InChI=1S/C11H20N4O/c1-3-5-8(16)7-13-11-6-9(12)14-10(4-2)15-11/h6,8,16H,3-5,7H2,1-2H3,(H3,12,13,14,15). The molecule has 0 aliphatic carbocycles. The number of nitrogens with one attached hydrogen (secondary N) is 1. The predicted molar refractivity (Wildman–Crippen MR) is 65.2 cm³/mol. The number of hydrogen-bond donors (Lipinski definition) is 3. The number of anilines is 2. The van der Waals surface area contributed by atoms with Crippen molar-refractivity contribution in [1.29, 1.82) is 0 Å². The number of aliphatic hydroxyl groups excluding tert-OH is 1. The van der Waals surface area contributed by atoms with Gasteiger partial charge in [0, 0.05) is 19.0 Å². The van der Waals surface area contributed by atoms with Crippen molar-refractivity contribution in [2.75, 3.05) is 17.6 Å². The van der Waals surface area contributed by atoms with Gasteiger partial charge < -0.3 is 16.2 Å². The molecule has 0 aromatic carbocycles. The fraction of sp³-hybridized carbons (Fsp3) is 0.636. The normalized spacial score (nSPS) is 12.4. The largest absolute Gasteiger partial charge is 0.391 e. The molecule has 1 unspecified atom stereocenters. The van der Waals surface area contributed by atoms with Crippen LogP contribution >= 0.6 is 0 Å². The van der Waals surface area contributed by atoms with Crippen LogP contribution in [0.4, 0.5) is 11.6 Å². The van der Waals surface area contributed by atoms with Gasteiger partial charge in [-0.05, 0) is 6.42 Å². The van der Waals surface area contributed by atoms with Crippen molar-refractivity contribution in [2.24, 2.45) is 0 Å². The Bertz CT molecular complexity index is 330. The van der Waals surface area contributed by atoms with Crippen molar-refractivity contribution in [1.82, 2.24) is 9.97 Å². The Kier molecular flexibility index (Phi) is 4.98. The summed E-state index contributed by atoms with van der Waals surface area (Å²) in [6.45, 7) is 4.51. The predicted octanol–water partition coefficient (Wildman–Crippen LogP) is 1.19. The van der Waals surface area contributed by atoms with Gasteiger partial charge in [0.15, 0.2) is 0 Å². The highest BCUT2D eigenvalue weighted by molar-refractivity contribution is 5.44. The quantitative estimate of drug-likeness (QED) is 0.676. The van der Waals surface area contributed by atoms with Gasteiger partial charge in [0.2, 0.25) is 0 Å². The Morgan fingerprint density at radius 3 is 2.81 bits per heavy atom. The molecule has 0 aliphatic rings. The summed E-state index contributed by atoms with van der Waals surface area (Å²) in [5.74, 6) is 1.85. The first-order valence-corrected chi connectivity index (χ1v) is 5.71. The smallest absolute Gasteiger partial charge is 0.132 e. The lowest BCUT2D eigenvalue weighted by molar-refractivity contribution is 0.176. The molecule has 0 amide bonds. The van der Waals surface area contributed by atoms with Gasteiger partial charge in [0.05, 0.1) is 6.10 Å². The maximum atomic E-state index is 9.57. The SMILES string of the molecule is CCCC(O)CNc1cc(N)nc(CC)n1. The zero-order chi connectivity index (χ0) is 12.0. The van der Waals surface area contributed by atoms with Crippen LogP contribution in [0.5, 0.6) is 0 Å². The summed E-state index contributed by atoms with van der Waals surface area (Å²) in [6.07, 6.45) is 2.16. The molecule has 1 aromatic heterocycles. The number of rotatable bonds is 6. The van der Waals surface area contributed by atoms with E-state index in [-0.39, 0.29) is 6.10 Å². The van der Waals surface area contributed by atoms with Crippen molar-refractivity contribution in [2.45, 2.75) is 39.2 Å². The first kappa shape index (κ1) is 12.7. The van der Waals surface area contributed by atoms with E-state index in [4.69, 9.17) is 5.73 Å². The van der Waals surface area contributed by atoms with Crippen LogP contribution in [-0.4, -0.2) is 27.7 Å². The zero-order valence-electron chi connectivity index (χ0n) is 9.90. The number of aromatic nitrogens is 2. The molecule has 0 saturated heterocycles. The number of aryl methyl sites for hydroxylation is 1. The summed E-state index contributed by atoms with van der Waals surface area (Å²) in [4.78, 5) is 8.35. The second-order valence-electron chi connectivity index (χ2n) is 3.77. The Morgan fingerprint density at radius 2 is 2.19 bits per heavy atom. The van der Waals surface area contributed by atoms with Crippen molar-refractivity contribution in [3.63, 3.8) is 0 Å². The van der Waals surface area contributed by atoms with Gasteiger partial charge >= 0.3 is 0 Å². The Morgan fingerprint density at radius 1 is 1.44 bits per heavy atom. The number of hydrogen-bond acceptors (Lipinski definition) is 5. The third-order valence-electron chi connectivity index (χ3n) is 2.25. The molecule has 1 rings (SSSR count).